The van der Waals surface area contributed by atoms with Gasteiger partial charge in [-0.1, -0.05) is 0 Å². The number of rotatable bonds is 5. The first-order chi connectivity index (χ1) is 8.32. The number of amides is 1. The molecule has 0 fully saturated rings. The molecule has 0 saturated heterocycles. The second kappa shape index (κ2) is 5.43. The lowest BCUT2D eigenvalue weighted by Crippen LogP contribution is -2.25. The number of hydrogen-bond acceptors (Lipinski definition) is 6. The molecule has 0 aliphatic heterocycles. The van der Waals surface area contributed by atoms with Gasteiger partial charge in [-0.15, -0.1) is 0 Å². The normalized spacial score (nSPS) is 13.9. The number of non-ortho nitro benzene ring substituents is 1. The van der Waals surface area contributed by atoms with Crippen molar-refractivity contribution in [2.75, 3.05) is 0 Å². The fourth-order valence-electron chi connectivity index (χ4n) is 1.42. The van der Waals surface area contributed by atoms with Crippen LogP contribution in [0, 0.1) is 10.1 Å². The molecule has 98 valence electrons. The summed E-state index contributed by atoms with van der Waals surface area (Å²) < 4.78 is 0. The van der Waals surface area contributed by atoms with Crippen LogP contribution in [0.5, 0.6) is 5.75 Å². The van der Waals surface area contributed by atoms with E-state index in [-0.39, 0.29) is 11.3 Å². The molecule has 0 aliphatic carbocycles. The summed E-state index contributed by atoms with van der Waals surface area (Å²) in [4.78, 5) is 20.4. The maximum absolute atomic E-state index is 10.6. The molecule has 0 radical (unpaired) electrons. The molecule has 0 heterocycles. The van der Waals surface area contributed by atoms with Crippen molar-refractivity contribution in [2.24, 2.45) is 5.73 Å². The summed E-state index contributed by atoms with van der Waals surface area (Å²) in [7, 11) is 0. The van der Waals surface area contributed by atoms with Gasteiger partial charge in [-0.2, -0.15) is 0 Å². The molecule has 5 N–H and O–H groups in total. The summed E-state index contributed by atoms with van der Waals surface area (Å²) in [6.07, 6.45) is -3.71. The van der Waals surface area contributed by atoms with Crippen molar-refractivity contribution in [3.63, 3.8) is 0 Å². The number of aliphatic hydroxyl groups excluding tert-OH is 2. The number of aromatic hydroxyl groups is 1. The molecule has 1 aromatic carbocycles. The lowest BCUT2D eigenvalue weighted by molar-refractivity contribution is -0.385. The van der Waals surface area contributed by atoms with E-state index in [9.17, 15) is 30.2 Å². The molecule has 1 aromatic rings. The summed E-state index contributed by atoms with van der Waals surface area (Å²) in [6, 6.07) is 2.99. The molecule has 1 rings (SSSR count). The number of nitro benzene ring substituents is 1. The van der Waals surface area contributed by atoms with Gasteiger partial charge in [0.25, 0.3) is 5.69 Å². The largest absolute Gasteiger partial charge is 0.508 e. The molecule has 2 atom stereocenters. The van der Waals surface area contributed by atoms with Crippen molar-refractivity contribution in [1.29, 1.82) is 0 Å². The van der Waals surface area contributed by atoms with Gasteiger partial charge in [0.1, 0.15) is 11.9 Å². The number of nitro groups is 1. The Balaban J connectivity index is 3.03. The first kappa shape index (κ1) is 13.9. The number of aliphatic hydroxyl groups is 2. The van der Waals surface area contributed by atoms with Gasteiger partial charge in [-0.25, -0.2) is 0 Å². The molecule has 0 aliphatic rings. The average molecular weight is 256 g/mol. The molecule has 0 spiro atoms. The summed E-state index contributed by atoms with van der Waals surface area (Å²) in [5, 5.41) is 39.1. The molecule has 18 heavy (non-hydrogen) atoms. The van der Waals surface area contributed by atoms with E-state index < -0.39 is 35.2 Å². The first-order valence-electron chi connectivity index (χ1n) is 4.94. The van der Waals surface area contributed by atoms with Crippen LogP contribution < -0.4 is 5.73 Å². The van der Waals surface area contributed by atoms with Crippen molar-refractivity contribution in [3.05, 3.63) is 33.9 Å². The predicted molar refractivity (Wildman–Crippen MR) is 59.5 cm³/mol. The molecule has 8 nitrogen and oxygen atoms in total. The van der Waals surface area contributed by atoms with E-state index in [1.807, 2.05) is 0 Å². The highest BCUT2D eigenvalue weighted by molar-refractivity contribution is 5.74. The predicted octanol–water partition coefficient (Wildman–Crippen LogP) is -0.430. The Bertz CT molecular complexity index is 475. The Hall–Kier alpha value is -2.19. The molecular formula is C10H12N2O6. The topological polar surface area (TPSA) is 147 Å². The third-order valence-electron chi connectivity index (χ3n) is 2.32. The van der Waals surface area contributed by atoms with Crippen LogP contribution in [0.4, 0.5) is 5.69 Å². The average Bonchev–Trinajstić information content (AvgIpc) is 2.27. The number of benzene rings is 1. The summed E-state index contributed by atoms with van der Waals surface area (Å²) in [5.41, 5.74) is 4.25. The Labute approximate surface area is 101 Å². The lowest BCUT2D eigenvalue weighted by atomic mass is 10.0. The summed E-state index contributed by atoms with van der Waals surface area (Å²) in [5.74, 6) is -1.26. The van der Waals surface area contributed by atoms with Crippen molar-refractivity contribution in [2.45, 2.75) is 18.6 Å². The second-order valence-corrected chi connectivity index (χ2v) is 3.68. The monoisotopic (exact) mass is 256 g/mol. The van der Waals surface area contributed by atoms with Crippen molar-refractivity contribution in [1.82, 2.24) is 0 Å². The fraction of sp³-hybridized carbons (Fsp3) is 0.300. The van der Waals surface area contributed by atoms with Crippen molar-refractivity contribution >= 4 is 11.6 Å². The Kier molecular flexibility index (Phi) is 4.18. The zero-order chi connectivity index (χ0) is 13.9. The molecule has 2 unspecified atom stereocenters. The number of carbonyl (C=O) groups excluding carboxylic acids is 1. The van der Waals surface area contributed by atoms with E-state index in [0.29, 0.717) is 0 Å². The van der Waals surface area contributed by atoms with Gasteiger partial charge in [0.05, 0.1) is 17.4 Å². The van der Waals surface area contributed by atoms with Crippen LogP contribution in [-0.2, 0) is 4.79 Å². The number of nitrogens with zero attached hydrogens (tertiary/aromatic N) is 1. The number of nitrogens with two attached hydrogens (primary N) is 1. The van der Waals surface area contributed by atoms with Crippen molar-refractivity contribution < 1.29 is 25.0 Å². The lowest BCUT2D eigenvalue weighted by Gasteiger charge is -2.17. The highest BCUT2D eigenvalue weighted by atomic mass is 16.6. The number of phenolic OH excluding ortho intramolecular Hbond substituents is 1. The van der Waals surface area contributed by atoms with Gasteiger partial charge in [0.15, 0.2) is 0 Å². The molecule has 0 aromatic heterocycles. The third-order valence-corrected chi connectivity index (χ3v) is 2.32. The minimum atomic E-state index is -1.64. The van der Waals surface area contributed by atoms with Crippen molar-refractivity contribution in [3.8, 4) is 5.75 Å². The Morgan fingerprint density at radius 2 is 2.06 bits per heavy atom. The second-order valence-electron chi connectivity index (χ2n) is 3.68. The van der Waals surface area contributed by atoms with Crippen LogP contribution in [0.2, 0.25) is 0 Å². The van der Waals surface area contributed by atoms with E-state index in [1.165, 1.54) is 0 Å². The Morgan fingerprint density at radius 3 is 2.56 bits per heavy atom. The number of phenols is 1. The maximum Gasteiger partial charge on any atom is 0.270 e. The van der Waals surface area contributed by atoms with E-state index in [1.54, 1.807) is 0 Å². The maximum atomic E-state index is 10.6. The van der Waals surface area contributed by atoms with Gasteiger partial charge in [0.2, 0.25) is 5.91 Å². The van der Waals surface area contributed by atoms with Gasteiger partial charge in [0, 0.05) is 17.7 Å². The fourth-order valence-corrected chi connectivity index (χ4v) is 1.42. The van der Waals surface area contributed by atoms with Crippen LogP contribution >= 0.6 is 0 Å². The smallest absolute Gasteiger partial charge is 0.270 e. The van der Waals surface area contributed by atoms with Crippen LogP contribution in [0.1, 0.15) is 18.1 Å². The van der Waals surface area contributed by atoms with Gasteiger partial charge < -0.3 is 21.1 Å². The highest BCUT2D eigenvalue weighted by Gasteiger charge is 2.24. The van der Waals surface area contributed by atoms with E-state index in [4.69, 9.17) is 5.73 Å². The standard InChI is InChI=1S/C10H12N2O6/c11-9(15)4-8(14)10(16)6-3-5(12(17)18)1-2-7(6)13/h1-3,8,10,13-14,16H,4H2,(H2,11,15). The third kappa shape index (κ3) is 3.15. The first-order valence-corrected chi connectivity index (χ1v) is 4.94. The molecule has 0 saturated carbocycles. The van der Waals surface area contributed by atoms with Gasteiger partial charge in [-0.3, -0.25) is 14.9 Å². The van der Waals surface area contributed by atoms with E-state index in [2.05, 4.69) is 0 Å². The molecule has 1 amide bonds. The number of carbonyl (C=O) groups is 1. The van der Waals surface area contributed by atoms with E-state index in [0.717, 1.165) is 18.2 Å². The highest BCUT2D eigenvalue weighted by Crippen LogP contribution is 2.30. The number of primary amides is 1. The van der Waals surface area contributed by atoms with Crippen LogP contribution in [0.3, 0.4) is 0 Å². The molecule has 0 bridgehead atoms. The van der Waals surface area contributed by atoms with Crippen LogP contribution in [0.25, 0.3) is 0 Å². The van der Waals surface area contributed by atoms with Crippen LogP contribution in [0.15, 0.2) is 18.2 Å². The zero-order valence-corrected chi connectivity index (χ0v) is 9.18. The minimum absolute atomic E-state index is 0.238. The van der Waals surface area contributed by atoms with Crippen LogP contribution in [-0.4, -0.2) is 32.3 Å². The van der Waals surface area contributed by atoms with E-state index >= 15 is 0 Å². The zero-order valence-electron chi connectivity index (χ0n) is 9.18. The molecular weight excluding hydrogens is 244 g/mol. The number of hydrogen-bond donors (Lipinski definition) is 4. The SMILES string of the molecule is NC(=O)CC(O)C(O)c1cc([N+](=O)[O-])ccc1O. The Morgan fingerprint density at radius 1 is 1.44 bits per heavy atom. The van der Waals surface area contributed by atoms with Gasteiger partial charge in [-0.05, 0) is 6.07 Å². The summed E-state index contributed by atoms with van der Waals surface area (Å²) in [6.45, 7) is 0. The van der Waals surface area contributed by atoms with Gasteiger partial charge >= 0.3 is 0 Å². The molecule has 8 heteroatoms. The minimum Gasteiger partial charge on any atom is -0.508 e. The quantitative estimate of drug-likeness (QED) is 0.415. The summed E-state index contributed by atoms with van der Waals surface area (Å²) >= 11 is 0.